The van der Waals surface area contributed by atoms with E-state index in [0.29, 0.717) is 11.4 Å². The van der Waals surface area contributed by atoms with Crippen LogP contribution in [-0.2, 0) is 0 Å². The third-order valence-electron chi connectivity index (χ3n) is 1.55. The fourth-order valence-corrected chi connectivity index (χ4v) is 1.85. The molecule has 2 nitrogen and oxygen atoms in total. The number of nitrogens with two attached hydrogens (primary N) is 1. The quantitative estimate of drug-likeness (QED) is 0.456. The molecule has 3 N–H and O–H groups in total. The summed E-state index contributed by atoms with van der Waals surface area (Å²) in [5.41, 5.74) is 6.42. The van der Waals surface area contributed by atoms with Crippen LogP contribution in [0.2, 0.25) is 20.1 Å². The highest BCUT2D eigenvalue weighted by atomic mass is 35.5. The van der Waals surface area contributed by atoms with Crippen molar-refractivity contribution in [1.82, 2.24) is 0 Å². The first-order valence-electron chi connectivity index (χ1n) is 3.29. The van der Waals surface area contributed by atoms with Crippen molar-refractivity contribution in [3.63, 3.8) is 0 Å². The van der Waals surface area contributed by atoms with E-state index < -0.39 is 0 Å². The zero-order chi connectivity index (χ0) is 10.2. The molecule has 0 heterocycles. The van der Waals surface area contributed by atoms with Crippen LogP contribution in [0.3, 0.4) is 0 Å². The lowest BCUT2D eigenvalue weighted by molar-refractivity contribution is 1.51. The van der Waals surface area contributed by atoms with Gasteiger partial charge in [0.1, 0.15) is 0 Å². The van der Waals surface area contributed by atoms with Crippen LogP contribution >= 0.6 is 46.4 Å². The van der Waals surface area contributed by atoms with E-state index in [-0.39, 0.29) is 20.1 Å². The number of hydrogen-bond donors (Lipinski definition) is 2. The first-order chi connectivity index (χ1) is 6.00. The maximum Gasteiger partial charge on any atom is 0.0861 e. The van der Waals surface area contributed by atoms with Crippen molar-refractivity contribution in [1.29, 1.82) is 0 Å². The molecule has 1 aromatic carbocycles. The van der Waals surface area contributed by atoms with Gasteiger partial charge in [-0.3, -0.25) is 0 Å². The van der Waals surface area contributed by atoms with E-state index >= 15 is 0 Å². The van der Waals surface area contributed by atoms with E-state index in [9.17, 15) is 0 Å². The number of anilines is 2. The number of nitrogens with one attached hydrogen (secondary N) is 1. The van der Waals surface area contributed by atoms with Gasteiger partial charge in [0.15, 0.2) is 0 Å². The first kappa shape index (κ1) is 11.1. The van der Waals surface area contributed by atoms with E-state index in [1.807, 2.05) is 0 Å². The molecule has 0 bridgehead atoms. The Morgan fingerprint density at radius 1 is 0.923 bits per heavy atom. The zero-order valence-electron chi connectivity index (χ0n) is 6.59. The maximum atomic E-state index is 5.86. The van der Waals surface area contributed by atoms with Crippen LogP contribution in [0.25, 0.3) is 0 Å². The van der Waals surface area contributed by atoms with Gasteiger partial charge in [-0.2, -0.15) is 0 Å². The minimum atomic E-state index is 0.171. The first-order valence-corrected chi connectivity index (χ1v) is 4.81. The molecule has 6 heteroatoms. The average molecular weight is 260 g/mol. The molecule has 1 aromatic rings. The topological polar surface area (TPSA) is 38.0 Å². The van der Waals surface area contributed by atoms with Crippen molar-refractivity contribution in [2.24, 2.45) is 0 Å². The lowest BCUT2D eigenvalue weighted by Gasteiger charge is -2.12. The predicted molar refractivity (Wildman–Crippen MR) is 60.4 cm³/mol. The Balaban J connectivity index is 3.56. The largest absolute Gasteiger partial charge is 0.396 e. The molecular formula is C7H6Cl4N2. The minimum absolute atomic E-state index is 0.171. The van der Waals surface area contributed by atoms with Gasteiger partial charge in [-0.15, -0.1) is 0 Å². The highest BCUT2D eigenvalue weighted by Crippen LogP contribution is 2.45. The minimum Gasteiger partial charge on any atom is -0.396 e. The van der Waals surface area contributed by atoms with E-state index in [1.165, 1.54) is 0 Å². The number of hydrogen-bond acceptors (Lipinski definition) is 2. The van der Waals surface area contributed by atoms with E-state index in [0.717, 1.165) is 0 Å². The lowest BCUT2D eigenvalue weighted by atomic mass is 10.2. The van der Waals surface area contributed by atoms with Crippen LogP contribution in [0, 0.1) is 0 Å². The van der Waals surface area contributed by atoms with Crippen molar-refractivity contribution in [2.45, 2.75) is 0 Å². The maximum absolute atomic E-state index is 5.86. The molecular weight excluding hydrogens is 254 g/mol. The summed E-state index contributed by atoms with van der Waals surface area (Å²) in [5, 5.41) is 3.64. The molecule has 1 rings (SSSR count). The van der Waals surface area contributed by atoms with Gasteiger partial charge < -0.3 is 11.1 Å². The lowest BCUT2D eigenvalue weighted by Crippen LogP contribution is -1.98. The second-order valence-electron chi connectivity index (χ2n) is 2.29. The molecule has 0 radical (unpaired) electrons. The molecule has 0 fully saturated rings. The van der Waals surface area contributed by atoms with Crippen LogP contribution in [0.15, 0.2) is 0 Å². The molecule has 0 saturated carbocycles. The Bertz CT molecular complexity index is 322. The molecule has 72 valence electrons. The normalized spacial score (nSPS) is 10.2. The van der Waals surface area contributed by atoms with Gasteiger partial charge >= 0.3 is 0 Å². The Labute approximate surface area is 95.9 Å². The van der Waals surface area contributed by atoms with Gasteiger partial charge in [0, 0.05) is 7.05 Å². The van der Waals surface area contributed by atoms with Crippen LogP contribution in [-0.4, -0.2) is 7.05 Å². The van der Waals surface area contributed by atoms with E-state index in [1.54, 1.807) is 7.05 Å². The van der Waals surface area contributed by atoms with Gasteiger partial charge in [0.2, 0.25) is 0 Å². The molecule has 0 unspecified atom stereocenters. The second-order valence-corrected chi connectivity index (χ2v) is 3.81. The summed E-state index contributed by atoms with van der Waals surface area (Å²) in [6.45, 7) is 0. The van der Waals surface area contributed by atoms with E-state index in [4.69, 9.17) is 52.1 Å². The van der Waals surface area contributed by atoms with Crippen molar-refractivity contribution in [3.05, 3.63) is 20.1 Å². The van der Waals surface area contributed by atoms with Crippen LogP contribution in [0.5, 0.6) is 0 Å². The summed E-state index contributed by atoms with van der Waals surface area (Å²) >= 11 is 23.2. The molecule has 0 aromatic heterocycles. The highest BCUT2D eigenvalue weighted by Gasteiger charge is 2.17. The van der Waals surface area contributed by atoms with Crippen molar-refractivity contribution in [3.8, 4) is 0 Å². The molecule has 0 atom stereocenters. The monoisotopic (exact) mass is 258 g/mol. The third kappa shape index (κ3) is 1.77. The second kappa shape index (κ2) is 4.01. The molecule has 0 aliphatic rings. The predicted octanol–water partition coefficient (Wildman–Crippen LogP) is 3.92. The number of nitrogen functional groups attached to an aromatic ring is 1. The van der Waals surface area contributed by atoms with Gasteiger partial charge in [-0.25, -0.2) is 0 Å². The molecule has 13 heavy (non-hydrogen) atoms. The number of benzene rings is 1. The standard InChI is InChI=1S/C7H6Cl4N2/c1-13-7-5(11)3(9)2(8)4(10)6(7)12/h13H,12H2,1H3. The summed E-state index contributed by atoms with van der Waals surface area (Å²) in [6.07, 6.45) is 0. The van der Waals surface area contributed by atoms with Crippen molar-refractivity contribution < 1.29 is 0 Å². The third-order valence-corrected chi connectivity index (χ3v) is 3.37. The van der Waals surface area contributed by atoms with Crippen LogP contribution in [0.4, 0.5) is 11.4 Å². The van der Waals surface area contributed by atoms with Gasteiger partial charge in [-0.05, 0) is 0 Å². The van der Waals surface area contributed by atoms with Gasteiger partial charge in [0.25, 0.3) is 0 Å². The summed E-state index contributed by atoms with van der Waals surface area (Å²) in [5.74, 6) is 0. The average Bonchev–Trinajstić information content (AvgIpc) is 2.13. The van der Waals surface area contributed by atoms with E-state index in [2.05, 4.69) is 5.32 Å². The molecule has 0 spiro atoms. The fraction of sp³-hybridized carbons (Fsp3) is 0.143. The zero-order valence-corrected chi connectivity index (χ0v) is 9.61. The van der Waals surface area contributed by atoms with Crippen LogP contribution in [0.1, 0.15) is 0 Å². The SMILES string of the molecule is CNc1c(N)c(Cl)c(Cl)c(Cl)c1Cl. The summed E-state index contributed by atoms with van der Waals surface area (Å²) in [7, 11) is 1.66. The molecule has 0 amide bonds. The van der Waals surface area contributed by atoms with Gasteiger partial charge in [0.05, 0.1) is 31.5 Å². The van der Waals surface area contributed by atoms with Crippen molar-refractivity contribution >= 4 is 57.8 Å². The number of rotatable bonds is 1. The summed E-state index contributed by atoms with van der Waals surface area (Å²) < 4.78 is 0. The molecule has 0 aliphatic heterocycles. The highest BCUT2D eigenvalue weighted by molar-refractivity contribution is 6.54. The van der Waals surface area contributed by atoms with Crippen LogP contribution < -0.4 is 11.1 Å². The Morgan fingerprint density at radius 2 is 1.38 bits per heavy atom. The summed E-state index contributed by atoms with van der Waals surface area (Å²) in [6, 6.07) is 0. The Morgan fingerprint density at radius 3 is 1.85 bits per heavy atom. The Hall–Kier alpha value is -0.0200. The fourth-order valence-electron chi connectivity index (χ4n) is 0.893. The Kier molecular flexibility index (Phi) is 3.41. The smallest absolute Gasteiger partial charge is 0.0861 e. The molecule has 0 aliphatic carbocycles. The molecule has 0 saturated heterocycles. The van der Waals surface area contributed by atoms with Crippen molar-refractivity contribution in [2.75, 3.05) is 18.1 Å². The van der Waals surface area contributed by atoms with Gasteiger partial charge in [-0.1, -0.05) is 46.4 Å². The number of halogens is 4. The summed E-state index contributed by atoms with van der Waals surface area (Å²) in [4.78, 5) is 0.